The van der Waals surface area contributed by atoms with E-state index in [1.165, 1.54) is 12.4 Å². The van der Waals surface area contributed by atoms with Gasteiger partial charge in [-0.15, -0.1) is 0 Å². The summed E-state index contributed by atoms with van der Waals surface area (Å²) in [5, 5.41) is 0. The lowest BCUT2D eigenvalue weighted by atomic mass is 10.6. The van der Waals surface area contributed by atoms with Crippen LogP contribution < -0.4 is 11.2 Å². The van der Waals surface area contributed by atoms with Crippen LogP contribution in [0.2, 0.25) is 0 Å². The highest BCUT2D eigenvalue weighted by Gasteiger charge is 1.90. The van der Waals surface area contributed by atoms with Gasteiger partial charge in [-0.25, -0.2) is 14.8 Å². The van der Waals surface area contributed by atoms with E-state index < -0.39 is 23.3 Å². The zero-order valence-electron chi connectivity index (χ0n) is 7.78. The molecule has 2 rings (SSSR count). The molecule has 0 atom stereocenters. The van der Waals surface area contributed by atoms with E-state index in [0.29, 0.717) is 6.07 Å². The lowest BCUT2D eigenvalue weighted by Crippen LogP contribution is -2.22. The van der Waals surface area contributed by atoms with Crippen molar-refractivity contribution in [1.29, 1.82) is 0 Å². The zero-order chi connectivity index (χ0) is 12.0. The molecule has 84 valence electrons. The highest BCUT2D eigenvalue weighted by Crippen LogP contribution is 1.79. The normalized spacial score (nSPS) is 9.12. The Morgan fingerprint density at radius 2 is 1.69 bits per heavy atom. The van der Waals surface area contributed by atoms with Crippen LogP contribution in [0.3, 0.4) is 0 Å². The Labute approximate surface area is 87.0 Å². The number of nitrogens with zero attached hydrogens (tertiary/aromatic N) is 2. The maximum absolute atomic E-state index is 12.0. The topological polar surface area (TPSA) is 91.5 Å². The van der Waals surface area contributed by atoms with Gasteiger partial charge >= 0.3 is 11.8 Å². The Morgan fingerprint density at radius 1 is 1.06 bits per heavy atom. The molecule has 0 saturated heterocycles. The second-order valence-electron chi connectivity index (χ2n) is 2.45. The van der Waals surface area contributed by atoms with E-state index in [2.05, 4.69) is 9.97 Å². The van der Waals surface area contributed by atoms with Gasteiger partial charge in [-0.3, -0.25) is 14.8 Å². The maximum atomic E-state index is 12.0. The minimum Gasteiger partial charge on any atom is -0.284 e. The highest BCUT2D eigenvalue weighted by atomic mass is 19.1. The van der Waals surface area contributed by atoms with Crippen LogP contribution in [0.5, 0.6) is 0 Å². The maximum Gasteiger partial charge on any atom is 0.327 e. The van der Waals surface area contributed by atoms with Crippen molar-refractivity contribution in [2.24, 2.45) is 0 Å². The van der Waals surface area contributed by atoms with Gasteiger partial charge in [-0.1, -0.05) is 0 Å². The van der Waals surface area contributed by atoms with Crippen molar-refractivity contribution in [3.05, 3.63) is 57.4 Å². The van der Waals surface area contributed by atoms with Crippen LogP contribution in [-0.2, 0) is 0 Å². The van der Waals surface area contributed by atoms with E-state index in [9.17, 15) is 18.4 Å². The average molecular weight is 228 g/mol. The predicted molar refractivity (Wildman–Crippen MR) is 49.6 cm³/mol. The number of hydrogen-bond acceptors (Lipinski definition) is 4. The Morgan fingerprint density at radius 3 is 2.06 bits per heavy atom. The molecule has 8 heteroatoms. The molecule has 0 aliphatic carbocycles. The van der Waals surface area contributed by atoms with E-state index in [1.54, 1.807) is 16.0 Å². The molecule has 0 bridgehead atoms. The number of nitrogens with one attached hydrogen (secondary N) is 2. The molecule has 0 aromatic carbocycles. The first-order chi connectivity index (χ1) is 7.58. The van der Waals surface area contributed by atoms with Crippen LogP contribution in [0.25, 0.3) is 0 Å². The molecule has 2 aromatic heterocycles. The van der Waals surface area contributed by atoms with Crippen molar-refractivity contribution < 1.29 is 8.78 Å². The van der Waals surface area contributed by atoms with E-state index in [1.807, 2.05) is 0 Å². The van der Waals surface area contributed by atoms with Crippen molar-refractivity contribution >= 4 is 0 Å². The molecule has 0 spiro atoms. The number of halogens is 2. The largest absolute Gasteiger partial charge is 0.327 e. The van der Waals surface area contributed by atoms with Gasteiger partial charge in [0.15, 0.2) is 0 Å². The fourth-order valence-corrected chi connectivity index (χ4v) is 0.720. The van der Waals surface area contributed by atoms with Crippen molar-refractivity contribution in [1.82, 2.24) is 19.9 Å². The third kappa shape index (κ3) is 4.22. The molecular weight excluding hydrogens is 222 g/mol. The van der Waals surface area contributed by atoms with Gasteiger partial charge in [0.05, 0.1) is 6.07 Å². The van der Waals surface area contributed by atoms with E-state index in [0.717, 1.165) is 0 Å². The summed E-state index contributed by atoms with van der Waals surface area (Å²) >= 11 is 0. The standard InChI is InChI=1S/C4H3FN2O2.C4H3FN2/c5-2-1-3(8)7-4(9)6-2;5-4-6-2-1-3-7-4/h1H,(H2,6,7,8,9);1-3H. The lowest BCUT2D eigenvalue weighted by molar-refractivity contribution is 0.538. The minimum atomic E-state index is -0.927. The summed E-state index contributed by atoms with van der Waals surface area (Å²) in [6.45, 7) is 0. The van der Waals surface area contributed by atoms with Crippen molar-refractivity contribution in [2.75, 3.05) is 0 Å². The second-order valence-corrected chi connectivity index (χ2v) is 2.45. The summed E-state index contributed by atoms with van der Waals surface area (Å²) in [7, 11) is 0. The van der Waals surface area contributed by atoms with E-state index >= 15 is 0 Å². The van der Waals surface area contributed by atoms with Crippen molar-refractivity contribution in [3.63, 3.8) is 0 Å². The molecule has 0 fully saturated rings. The second kappa shape index (κ2) is 5.49. The van der Waals surface area contributed by atoms with E-state index in [4.69, 9.17) is 0 Å². The average Bonchev–Trinajstić information content (AvgIpc) is 2.17. The molecule has 2 aromatic rings. The Hall–Kier alpha value is -2.38. The third-order valence-electron chi connectivity index (χ3n) is 1.26. The summed E-state index contributed by atoms with van der Waals surface area (Å²) in [4.78, 5) is 30.3. The highest BCUT2D eigenvalue weighted by molar-refractivity contribution is 4.81. The zero-order valence-corrected chi connectivity index (χ0v) is 7.78. The third-order valence-corrected chi connectivity index (χ3v) is 1.26. The Balaban J connectivity index is 0.000000165. The quantitative estimate of drug-likeness (QED) is 0.483. The first-order valence-corrected chi connectivity index (χ1v) is 3.99. The van der Waals surface area contributed by atoms with Gasteiger partial charge in [0, 0.05) is 12.4 Å². The lowest BCUT2D eigenvalue weighted by Gasteiger charge is -1.81. The number of H-pyrrole nitrogens is 2. The summed E-state index contributed by atoms with van der Waals surface area (Å²) in [5.74, 6) is -0.927. The summed E-state index contributed by atoms with van der Waals surface area (Å²) in [5.41, 5.74) is -1.57. The van der Waals surface area contributed by atoms with Crippen molar-refractivity contribution in [3.8, 4) is 0 Å². The fourth-order valence-electron chi connectivity index (χ4n) is 0.720. The summed E-state index contributed by atoms with van der Waals surface area (Å²) in [6.07, 6.45) is 2.02. The van der Waals surface area contributed by atoms with Gasteiger partial charge in [0.2, 0.25) is 5.95 Å². The van der Waals surface area contributed by atoms with Gasteiger partial charge in [-0.2, -0.15) is 8.78 Å². The molecule has 0 aliphatic heterocycles. The molecule has 0 amide bonds. The number of aromatic amines is 2. The molecule has 2 N–H and O–H groups in total. The molecule has 0 radical (unpaired) electrons. The molecule has 2 heterocycles. The molecule has 6 nitrogen and oxygen atoms in total. The Bertz CT molecular complexity index is 523. The minimum absolute atomic E-state index is 0.654. The molecular formula is C8H6F2N4O2. The fraction of sp³-hybridized carbons (Fsp3) is 0. The Kier molecular flexibility index (Phi) is 4.01. The van der Waals surface area contributed by atoms with Gasteiger partial charge in [0.1, 0.15) is 0 Å². The van der Waals surface area contributed by atoms with Gasteiger partial charge < -0.3 is 0 Å². The molecule has 16 heavy (non-hydrogen) atoms. The first-order valence-electron chi connectivity index (χ1n) is 3.99. The molecule has 0 unspecified atom stereocenters. The van der Waals surface area contributed by atoms with Crippen LogP contribution in [0.4, 0.5) is 8.78 Å². The smallest absolute Gasteiger partial charge is 0.284 e. The SMILES string of the molecule is Fc1ncccn1.O=c1cc(F)[nH]c(=O)[nH]1. The van der Waals surface area contributed by atoms with Crippen LogP contribution >= 0.6 is 0 Å². The van der Waals surface area contributed by atoms with Crippen LogP contribution in [0.15, 0.2) is 34.1 Å². The van der Waals surface area contributed by atoms with Gasteiger partial charge in [-0.05, 0) is 6.07 Å². The number of hydrogen-bond donors (Lipinski definition) is 2. The first kappa shape index (κ1) is 11.7. The number of rotatable bonds is 0. The summed E-state index contributed by atoms with van der Waals surface area (Å²) < 4.78 is 23.6. The number of aromatic nitrogens is 4. The van der Waals surface area contributed by atoms with Crippen molar-refractivity contribution in [2.45, 2.75) is 0 Å². The molecule has 0 saturated carbocycles. The summed E-state index contributed by atoms with van der Waals surface area (Å²) in [6, 6.07) is 2.21. The monoisotopic (exact) mass is 228 g/mol. The van der Waals surface area contributed by atoms with Gasteiger partial charge in [0.25, 0.3) is 5.56 Å². The van der Waals surface area contributed by atoms with Crippen LogP contribution in [0, 0.1) is 12.0 Å². The van der Waals surface area contributed by atoms with Crippen LogP contribution in [-0.4, -0.2) is 19.9 Å². The van der Waals surface area contributed by atoms with E-state index in [-0.39, 0.29) is 0 Å². The molecule has 0 aliphatic rings. The van der Waals surface area contributed by atoms with Crippen LogP contribution in [0.1, 0.15) is 0 Å². The predicted octanol–water partition coefficient (Wildman–Crippen LogP) is -0.182.